The predicted octanol–water partition coefficient (Wildman–Crippen LogP) is 3.26. The smallest absolute Gasteiger partial charge is 0.144 e. The second-order valence-corrected chi connectivity index (χ2v) is 3.37. The Morgan fingerprint density at radius 3 is 2.73 bits per heavy atom. The molecule has 1 aromatic rings. The van der Waals surface area contributed by atoms with Gasteiger partial charge >= 0.3 is 0 Å². The fourth-order valence-corrected chi connectivity index (χ4v) is 1.43. The van der Waals surface area contributed by atoms with Crippen LogP contribution in [0, 0.1) is 5.82 Å². The van der Waals surface area contributed by atoms with Crippen LogP contribution in [0.15, 0.2) is 23.1 Å². The highest BCUT2D eigenvalue weighted by Crippen LogP contribution is 2.41. The van der Waals surface area contributed by atoms with Gasteiger partial charge in [0.2, 0.25) is 0 Å². The lowest BCUT2D eigenvalue weighted by Crippen LogP contribution is -1.87. The first-order valence-electron chi connectivity index (χ1n) is 3.74. The quantitative estimate of drug-likeness (QED) is 0.602. The fraction of sp³-hybridized carbons (Fsp3) is 0.333. The van der Waals surface area contributed by atoms with Gasteiger partial charge < -0.3 is 0 Å². The minimum absolute atomic E-state index is 0.176. The summed E-state index contributed by atoms with van der Waals surface area (Å²) in [6.45, 7) is 0. The third-order valence-corrected chi connectivity index (χ3v) is 2.33. The van der Waals surface area contributed by atoms with Crippen molar-refractivity contribution >= 4 is 12.6 Å². The van der Waals surface area contributed by atoms with Gasteiger partial charge in [0.15, 0.2) is 0 Å². The molecule has 2 rings (SSSR count). The number of rotatable bonds is 1. The zero-order chi connectivity index (χ0) is 7.84. The van der Waals surface area contributed by atoms with Gasteiger partial charge in [-0.25, -0.2) is 4.39 Å². The Hall–Kier alpha value is -0.630. The molecule has 0 aliphatic heterocycles. The Kier molecular flexibility index (Phi) is 1.57. The molecule has 1 radical (unpaired) electrons. The Bertz CT molecular complexity index is 279. The molecule has 0 N–H and O–H groups in total. The summed E-state index contributed by atoms with van der Waals surface area (Å²) in [7, 11) is 0. The molecular weight excluding hydrogens is 159 g/mol. The van der Waals surface area contributed by atoms with Crippen LogP contribution in [0.1, 0.15) is 24.3 Å². The lowest BCUT2D eigenvalue weighted by molar-refractivity contribution is 0.586. The molecule has 11 heavy (non-hydrogen) atoms. The van der Waals surface area contributed by atoms with Crippen molar-refractivity contribution in [1.82, 2.24) is 0 Å². The van der Waals surface area contributed by atoms with Gasteiger partial charge in [0, 0.05) is 0 Å². The highest BCUT2D eigenvalue weighted by molar-refractivity contribution is 7.80. The third kappa shape index (κ3) is 1.23. The topological polar surface area (TPSA) is 0 Å². The van der Waals surface area contributed by atoms with Gasteiger partial charge in [0.25, 0.3) is 0 Å². The fourth-order valence-electron chi connectivity index (χ4n) is 1.24. The van der Waals surface area contributed by atoms with Crippen molar-refractivity contribution in [1.29, 1.82) is 0 Å². The van der Waals surface area contributed by atoms with Crippen molar-refractivity contribution in [2.45, 2.75) is 23.7 Å². The van der Waals surface area contributed by atoms with Gasteiger partial charge in [-0.05, 0) is 30.4 Å². The molecule has 0 atom stereocenters. The van der Waals surface area contributed by atoms with Gasteiger partial charge in [0.1, 0.15) is 5.82 Å². The van der Waals surface area contributed by atoms with Crippen molar-refractivity contribution in [3.63, 3.8) is 0 Å². The van der Waals surface area contributed by atoms with Crippen molar-refractivity contribution in [2.24, 2.45) is 0 Å². The third-order valence-electron chi connectivity index (χ3n) is 2.01. The Morgan fingerprint density at radius 1 is 1.36 bits per heavy atom. The molecule has 1 fully saturated rings. The summed E-state index contributed by atoms with van der Waals surface area (Å²) < 4.78 is 13.2. The van der Waals surface area contributed by atoms with Crippen LogP contribution in [-0.4, -0.2) is 0 Å². The van der Waals surface area contributed by atoms with E-state index in [4.69, 9.17) is 12.6 Å². The SMILES string of the molecule is Fc1c([S])cccc1C1CC1. The van der Waals surface area contributed by atoms with Crippen LogP contribution in [-0.2, 0) is 0 Å². The molecule has 0 unspecified atom stereocenters. The molecule has 1 aromatic carbocycles. The average molecular weight is 167 g/mol. The van der Waals surface area contributed by atoms with Crippen LogP contribution in [0.4, 0.5) is 4.39 Å². The van der Waals surface area contributed by atoms with E-state index >= 15 is 0 Å². The summed E-state index contributed by atoms with van der Waals surface area (Å²) in [5, 5.41) is 0. The van der Waals surface area contributed by atoms with E-state index < -0.39 is 0 Å². The van der Waals surface area contributed by atoms with Crippen LogP contribution >= 0.6 is 12.6 Å². The molecule has 1 aliphatic carbocycles. The lowest BCUT2D eigenvalue weighted by Gasteiger charge is -2.00. The highest BCUT2D eigenvalue weighted by atomic mass is 32.1. The zero-order valence-electron chi connectivity index (χ0n) is 6.01. The van der Waals surface area contributed by atoms with E-state index in [1.807, 2.05) is 12.1 Å². The minimum Gasteiger partial charge on any atom is -0.205 e. The normalized spacial score (nSPS) is 16.8. The van der Waals surface area contributed by atoms with Crippen LogP contribution in [0.25, 0.3) is 0 Å². The lowest BCUT2D eigenvalue weighted by atomic mass is 10.1. The second-order valence-electron chi connectivity index (χ2n) is 2.93. The van der Waals surface area contributed by atoms with E-state index in [1.165, 1.54) is 0 Å². The van der Waals surface area contributed by atoms with Crippen molar-refractivity contribution in [3.05, 3.63) is 29.6 Å². The number of halogens is 1. The molecule has 1 saturated carbocycles. The summed E-state index contributed by atoms with van der Waals surface area (Å²) in [4.78, 5) is 0.356. The van der Waals surface area contributed by atoms with Gasteiger partial charge in [-0.2, -0.15) is 0 Å². The van der Waals surface area contributed by atoms with Crippen molar-refractivity contribution in [3.8, 4) is 0 Å². The molecule has 1 aliphatic rings. The predicted molar refractivity (Wildman–Crippen MR) is 44.2 cm³/mol. The van der Waals surface area contributed by atoms with Crippen LogP contribution in [0.3, 0.4) is 0 Å². The highest BCUT2D eigenvalue weighted by Gasteiger charge is 2.26. The van der Waals surface area contributed by atoms with E-state index in [2.05, 4.69) is 0 Å². The standard InChI is InChI=1S/C9H8FS/c10-9-7(6-4-5-6)2-1-3-8(9)11/h1-3,6H,4-5H2. The van der Waals surface area contributed by atoms with Crippen LogP contribution < -0.4 is 0 Å². The summed E-state index contributed by atoms with van der Waals surface area (Å²) >= 11 is 4.81. The van der Waals surface area contributed by atoms with E-state index in [0.717, 1.165) is 18.4 Å². The van der Waals surface area contributed by atoms with Crippen LogP contribution in [0.5, 0.6) is 0 Å². The minimum atomic E-state index is -0.176. The molecule has 0 nitrogen and oxygen atoms in total. The van der Waals surface area contributed by atoms with Gasteiger partial charge in [0.05, 0.1) is 4.90 Å². The van der Waals surface area contributed by atoms with Crippen molar-refractivity contribution in [2.75, 3.05) is 0 Å². The summed E-state index contributed by atoms with van der Waals surface area (Å²) in [5.41, 5.74) is 0.817. The van der Waals surface area contributed by atoms with E-state index in [9.17, 15) is 4.39 Å². The van der Waals surface area contributed by atoms with Gasteiger partial charge in [-0.1, -0.05) is 24.8 Å². The first-order chi connectivity index (χ1) is 5.29. The Balaban J connectivity index is 2.45. The maximum Gasteiger partial charge on any atom is 0.144 e. The maximum absolute atomic E-state index is 13.2. The summed E-state index contributed by atoms with van der Waals surface area (Å²) in [5.74, 6) is 0.280. The Morgan fingerprint density at radius 2 is 2.09 bits per heavy atom. The molecule has 0 heterocycles. The largest absolute Gasteiger partial charge is 0.205 e. The molecule has 0 bridgehead atoms. The second kappa shape index (κ2) is 2.45. The molecule has 0 amide bonds. The first-order valence-corrected chi connectivity index (χ1v) is 4.15. The first kappa shape index (κ1) is 7.04. The number of hydrogen-bond acceptors (Lipinski definition) is 0. The van der Waals surface area contributed by atoms with E-state index in [-0.39, 0.29) is 5.82 Å². The summed E-state index contributed by atoms with van der Waals surface area (Å²) in [6, 6.07) is 5.30. The number of benzene rings is 1. The average Bonchev–Trinajstić information content (AvgIpc) is 2.77. The molecular formula is C9H8FS. The van der Waals surface area contributed by atoms with E-state index in [0.29, 0.717) is 10.8 Å². The Labute approximate surface area is 70.8 Å². The molecule has 2 heteroatoms. The zero-order valence-corrected chi connectivity index (χ0v) is 6.83. The van der Waals surface area contributed by atoms with Gasteiger partial charge in [-0.15, -0.1) is 0 Å². The molecule has 0 aromatic heterocycles. The molecule has 57 valence electrons. The van der Waals surface area contributed by atoms with Crippen molar-refractivity contribution < 1.29 is 4.39 Å². The molecule has 0 saturated heterocycles. The van der Waals surface area contributed by atoms with Crippen LogP contribution in [0.2, 0.25) is 0 Å². The van der Waals surface area contributed by atoms with E-state index in [1.54, 1.807) is 6.07 Å². The monoisotopic (exact) mass is 167 g/mol. The van der Waals surface area contributed by atoms with Gasteiger partial charge in [-0.3, -0.25) is 0 Å². The maximum atomic E-state index is 13.2. The molecule has 0 spiro atoms. The number of hydrogen-bond donors (Lipinski definition) is 0. The summed E-state index contributed by atoms with van der Waals surface area (Å²) in [6.07, 6.45) is 2.24.